The van der Waals surface area contributed by atoms with Crippen LogP contribution >= 0.6 is 11.3 Å². The first kappa shape index (κ1) is 20.0. The third kappa shape index (κ3) is 4.77. The number of carbonyl (C=O) groups is 1. The second-order valence-corrected chi connectivity index (χ2v) is 7.38. The van der Waals surface area contributed by atoms with E-state index >= 15 is 0 Å². The maximum atomic E-state index is 12.5. The van der Waals surface area contributed by atoms with Crippen molar-refractivity contribution in [3.8, 4) is 17.0 Å². The molecule has 6 heteroatoms. The number of anilines is 1. The highest BCUT2D eigenvalue weighted by atomic mass is 32.1. The van der Waals surface area contributed by atoms with Gasteiger partial charge in [0.15, 0.2) is 5.13 Å². The molecule has 3 rings (SSSR count). The lowest BCUT2D eigenvalue weighted by Gasteiger charge is -2.17. The molecule has 1 N–H and O–H groups in total. The Hall–Kier alpha value is -2.70. The Bertz CT molecular complexity index is 903. The molecule has 28 heavy (non-hydrogen) atoms. The smallest absolute Gasteiger partial charge is 0.257 e. The average Bonchev–Trinajstić information content (AvgIpc) is 3.14. The Morgan fingerprint density at radius 3 is 2.36 bits per heavy atom. The van der Waals surface area contributed by atoms with Crippen molar-refractivity contribution < 1.29 is 9.53 Å². The molecule has 0 atom stereocenters. The molecule has 0 aliphatic carbocycles. The Morgan fingerprint density at radius 1 is 1.07 bits per heavy atom. The number of methoxy groups -OCH3 is 1. The molecule has 0 fully saturated rings. The zero-order valence-corrected chi connectivity index (χ0v) is 17.3. The zero-order chi connectivity index (χ0) is 19.9. The number of hydrogen-bond donors (Lipinski definition) is 1. The fraction of sp³-hybridized carbons (Fsp3) is 0.273. The number of ether oxygens (including phenoxy) is 1. The molecule has 0 radical (unpaired) electrons. The van der Waals surface area contributed by atoms with Crippen LogP contribution in [0, 0.1) is 0 Å². The second kappa shape index (κ2) is 9.48. The van der Waals surface area contributed by atoms with Gasteiger partial charge < -0.3 is 4.74 Å². The summed E-state index contributed by atoms with van der Waals surface area (Å²) in [5.41, 5.74) is 2.54. The molecule has 3 aromatic rings. The summed E-state index contributed by atoms with van der Waals surface area (Å²) in [7, 11) is 1.65. The highest BCUT2D eigenvalue weighted by Crippen LogP contribution is 2.33. The van der Waals surface area contributed by atoms with Gasteiger partial charge in [-0.2, -0.15) is 0 Å². The fourth-order valence-corrected chi connectivity index (χ4v) is 3.92. The monoisotopic (exact) mass is 395 g/mol. The van der Waals surface area contributed by atoms with Crippen LogP contribution in [0.15, 0.2) is 54.6 Å². The number of nitrogens with one attached hydrogen (secondary N) is 1. The lowest BCUT2D eigenvalue weighted by Crippen LogP contribution is -2.21. The first-order valence-corrected chi connectivity index (χ1v) is 10.2. The molecule has 0 aliphatic rings. The van der Waals surface area contributed by atoms with E-state index < -0.39 is 0 Å². The lowest BCUT2D eigenvalue weighted by molar-refractivity contribution is 0.102. The summed E-state index contributed by atoms with van der Waals surface area (Å²) in [4.78, 5) is 20.7. The zero-order valence-electron chi connectivity index (χ0n) is 16.4. The van der Waals surface area contributed by atoms with Crippen LogP contribution in [0.1, 0.15) is 29.1 Å². The average molecular weight is 396 g/mol. The standard InChI is InChI=1S/C22H25N3O2S/c1-4-25(5-2)15-19-20(16-11-13-18(27-3)14-12-16)23-22(28-19)24-21(26)17-9-7-6-8-10-17/h6-14H,4-5,15H2,1-3H3,(H,23,24,26). The van der Waals surface area contributed by atoms with Crippen LogP contribution in [0.2, 0.25) is 0 Å². The normalized spacial score (nSPS) is 10.9. The second-order valence-electron chi connectivity index (χ2n) is 6.30. The van der Waals surface area contributed by atoms with Crippen LogP contribution in [-0.4, -0.2) is 36.0 Å². The predicted octanol–water partition coefficient (Wildman–Crippen LogP) is 4.91. The third-order valence-corrected chi connectivity index (χ3v) is 5.53. The summed E-state index contributed by atoms with van der Waals surface area (Å²) in [6.07, 6.45) is 0. The van der Waals surface area contributed by atoms with Crippen molar-refractivity contribution in [2.75, 3.05) is 25.5 Å². The number of thiazole rings is 1. The molecule has 1 heterocycles. The van der Waals surface area contributed by atoms with Crippen molar-refractivity contribution in [2.45, 2.75) is 20.4 Å². The SMILES string of the molecule is CCN(CC)Cc1sc(NC(=O)c2ccccc2)nc1-c1ccc(OC)cc1. The van der Waals surface area contributed by atoms with Crippen molar-refractivity contribution >= 4 is 22.4 Å². The summed E-state index contributed by atoms with van der Waals surface area (Å²) in [6.45, 7) is 7.02. The summed E-state index contributed by atoms with van der Waals surface area (Å²) >= 11 is 1.53. The number of hydrogen-bond acceptors (Lipinski definition) is 5. The number of nitrogens with zero attached hydrogens (tertiary/aromatic N) is 2. The van der Waals surface area contributed by atoms with Gasteiger partial charge in [0.25, 0.3) is 5.91 Å². The minimum Gasteiger partial charge on any atom is -0.497 e. The molecule has 2 aromatic carbocycles. The van der Waals surface area contributed by atoms with Crippen LogP contribution in [0.3, 0.4) is 0 Å². The maximum absolute atomic E-state index is 12.5. The summed E-state index contributed by atoms with van der Waals surface area (Å²) in [6, 6.07) is 17.1. The van der Waals surface area contributed by atoms with Gasteiger partial charge >= 0.3 is 0 Å². The van der Waals surface area contributed by atoms with Crippen LogP contribution in [-0.2, 0) is 6.54 Å². The van der Waals surface area contributed by atoms with E-state index in [2.05, 4.69) is 24.1 Å². The fourth-order valence-electron chi connectivity index (χ4n) is 2.90. The Labute approximate surface area is 170 Å². The molecule has 5 nitrogen and oxygen atoms in total. The molecule has 0 spiro atoms. The van der Waals surface area contributed by atoms with E-state index in [1.54, 1.807) is 19.2 Å². The van der Waals surface area contributed by atoms with E-state index in [4.69, 9.17) is 9.72 Å². The van der Waals surface area contributed by atoms with Gasteiger partial charge in [0.1, 0.15) is 5.75 Å². The van der Waals surface area contributed by atoms with Crippen LogP contribution in [0.25, 0.3) is 11.3 Å². The number of aromatic nitrogens is 1. The molecule has 1 aromatic heterocycles. The molecule has 0 saturated carbocycles. The van der Waals surface area contributed by atoms with Gasteiger partial charge in [-0.1, -0.05) is 43.4 Å². The van der Waals surface area contributed by atoms with Crippen LogP contribution < -0.4 is 10.1 Å². The molecule has 0 saturated heterocycles. The van der Waals surface area contributed by atoms with E-state index in [-0.39, 0.29) is 5.91 Å². The van der Waals surface area contributed by atoms with Gasteiger partial charge in [-0.15, -0.1) is 0 Å². The largest absolute Gasteiger partial charge is 0.497 e. The topological polar surface area (TPSA) is 54.5 Å². The number of carbonyl (C=O) groups excluding carboxylic acids is 1. The molecule has 1 amide bonds. The highest BCUT2D eigenvalue weighted by Gasteiger charge is 2.17. The van der Waals surface area contributed by atoms with E-state index in [0.717, 1.165) is 41.5 Å². The van der Waals surface area contributed by atoms with Crippen molar-refractivity contribution in [3.63, 3.8) is 0 Å². The van der Waals surface area contributed by atoms with Gasteiger partial charge in [-0.3, -0.25) is 15.0 Å². The summed E-state index contributed by atoms with van der Waals surface area (Å²) < 4.78 is 5.26. The maximum Gasteiger partial charge on any atom is 0.257 e. The Kier molecular flexibility index (Phi) is 6.79. The van der Waals surface area contributed by atoms with Crippen molar-refractivity contribution in [1.29, 1.82) is 0 Å². The van der Waals surface area contributed by atoms with Crippen LogP contribution in [0.5, 0.6) is 5.75 Å². The van der Waals surface area contributed by atoms with Gasteiger partial charge in [-0.25, -0.2) is 4.98 Å². The van der Waals surface area contributed by atoms with E-state index in [9.17, 15) is 4.79 Å². The van der Waals surface area contributed by atoms with Crippen LogP contribution in [0.4, 0.5) is 5.13 Å². The third-order valence-electron chi connectivity index (χ3n) is 4.58. The first-order valence-electron chi connectivity index (χ1n) is 9.37. The summed E-state index contributed by atoms with van der Waals surface area (Å²) in [5.74, 6) is 0.659. The lowest BCUT2D eigenvalue weighted by atomic mass is 10.1. The molecular weight excluding hydrogens is 370 g/mol. The van der Waals surface area contributed by atoms with E-state index in [0.29, 0.717) is 10.7 Å². The Balaban J connectivity index is 1.91. The number of rotatable bonds is 8. The molecular formula is C22H25N3O2S. The first-order chi connectivity index (χ1) is 13.6. The van der Waals surface area contributed by atoms with Gasteiger partial charge in [0.2, 0.25) is 0 Å². The molecule has 146 valence electrons. The molecule has 0 bridgehead atoms. The Morgan fingerprint density at radius 2 is 1.75 bits per heavy atom. The van der Waals surface area contributed by atoms with E-state index in [1.807, 2.05) is 42.5 Å². The minimum absolute atomic E-state index is 0.148. The van der Waals surface area contributed by atoms with Gasteiger partial charge in [0, 0.05) is 22.5 Å². The minimum atomic E-state index is -0.148. The molecule has 0 unspecified atom stereocenters. The summed E-state index contributed by atoms with van der Waals surface area (Å²) in [5, 5.41) is 3.56. The van der Waals surface area contributed by atoms with Crippen molar-refractivity contribution in [1.82, 2.24) is 9.88 Å². The number of benzene rings is 2. The van der Waals surface area contributed by atoms with Crippen molar-refractivity contribution in [3.05, 3.63) is 65.0 Å². The van der Waals surface area contributed by atoms with Gasteiger partial charge in [0.05, 0.1) is 12.8 Å². The number of amides is 1. The quantitative estimate of drug-likeness (QED) is 0.589. The highest BCUT2D eigenvalue weighted by molar-refractivity contribution is 7.16. The van der Waals surface area contributed by atoms with Crippen molar-refractivity contribution in [2.24, 2.45) is 0 Å². The predicted molar refractivity (Wildman–Crippen MR) is 115 cm³/mol. The molecule has 0 aliphatic heterocycles. The van der Waals surface area contributed by atoms with E-state index in [1.165, 1.54) is 11.3 Å². The van der Waals surface area contributed by atoms with Gasteiger partial charge in [-0.05, 0) is 49.5 Å².